The van der Waals surface area contributed by atoms with E-state index < -0.39 is 11.8 Å². The molecule has 0 aromatic heterocycles. The first-order valence-electron chi connectivity index (χ1n) is 10.4. The molecule has 7 heteroatoms. The number of aliphatic carboxylic acids is 1. The second-order valence-corrected chi connectivity index (χ2v) is 7.91. The van der Waals surface area contributed by atoms with E-state index >= 15 is 0 Å². The number of hydrogen-bond donors (Lipinski definition) is 1. The van der Waals surface area contributed by atoms with Crippen LogP contribution in [0.2, 0.25) is 0 Å². The lowest BCUT2D eigenvalue weighted by Crippen LogP contribution is -2.49. The van der Waals surface area contributed by atoms with Crippen molar-refractivity contribution in [2.24, 2.45) is 0 Å². The molecule has 1 amide bonds. The Kier molecular flexibility index (Phi) is 5.78. The monoisotopic (exact) mass is 431 g/mol. The SMILES string of the molecule is Cc1c(CC(=O)O)cc2ccc(F)cc2c1C(=O)N1CCN(c2ccc(C#N)cc2)CC1. The lowest BCUT2D eigenvalue weighted by atomic mass is 9.92. The zero-order valence-electron chi connectivity index (χ0n) is 17.6. The number of carboxylic acid groups (broad SMARTS) is 1. The summed E-state index contributed by atoms with van der Waals surface area (Å²) in [6.45, 7) is 3.94. The lowest BCUT2D eigenvalue weighted by molar-refractivity contribution is -0.136. The van der Waals surface area contributed by atoms with Crippen LogP contribution in [0.5, 0.6) is 0 Å². The molecule has 3 aromatic carbocycles. The summed E-state index contributed by atoms with van der Waals surface area (Å²) in [5.41, 5.74) is 3.08. The molecule has 3 aromatic rings. The van der Waals surface area contributed by atoms with Gasteiger partial charge >= 0.3 is 5.97 Å². The van der Waals surface area contributed by atoms with E-state index in [4.69, 9.17) is 5.26 Å². The number of anilines is 1. The molecule has 32 heavy (non-hydrogen) atoms. The molecule has 1 heterocycles. The number of piperazine rings is 1. The van der Waals surface area contributed by atoms with E-state index in [1.807, 2.05) is 12.1 Å². The van der Waals surface area contributed by atoms with Crippen LogP contribution in [0.25, 0.3) is 10.8 Å². The van der Waals surface area contributed by atoms with E-state index in [2.05, 4.69) is 11.0 Å². The van der Waals surface area contributed by atoms with E-state index in [1.54, 1.807) is 36.1 Å². The van der Waals surface area contributed by atoms with Crippen LogP contribution in [-0.4, -0.2) is 48.1 Å². The average molecular weight is 431 g/mol. The fourth-order valence-corrected chi connectivity index (χ4v) is 4.22. The van der Waals surface area contributed by atoms with Crippen LogP contribution in [0.15, 0.2) is 48.5 Å². The molecule has 162 valence electrons. The van der Waals surface area contributed by atoms with Crippen molar-refractivity contribution in [3.63, 3.8) is 0 Å². The first kappa shape index (κ1) is 21.3. The van der Waals surface area contributed by atoms with Crippen molar-refractivity contribution >= 4 is 28.3 Å². The minimum Gasteiger partial charge on any atom is -0.481 e. The topological polar surface area (TPSA) is 84.6 Å². The number of amides is 1. The van der Waals surface area contributed by atoms with E-state index in [0.29, 0.717) is 59.2 Å². The summed E-state index contributed by atoms with van der Waals surface area (Å²) in [6, 6.07) is 15.4. The standard InChI is InChI=1S/C25H22FN3O3/c1-16-19(13-23(30)31)12-18-4-5-20(26)14-22(18)24(16)25(32)29-10-8-28(9-11-29)21-6-2-17(15-27)3-7-21/h2-7,12,14H,8-11,13H2,1H3,(H,30,31). The van der Waals surface area contributed by atoms with E-state index in [-0.39, 0.29) is 12.3 Å². The summed E-state index contributed by atoms with van der Waals surface area (Å²) < 4.78 is 14.0. The highest BCUT2D eigenvalue weighted by Crippen LogP contribution is 2.29. The van der Waals surface area contributed by atoms with Crippen molar-refractivity contribution in [2.75, 3.05) is 31.1 Å². The summed E-state index contributed by atoms with van der Waals surface area (Å²) in [4.78, 5) is 28.7. The molecule has 1 saturated heterocycles. The summed E-state index contributed by atoms with van der Waals surface area (Å²) in [7, 11) is 0. The molecule has 6 nitrogen and oxygen atoms in total. The summed E-state index contributed by atoms with van der Waals surface area (Å²) in [5, 5.41) is 19.4. The molecule has 1 aliphatic heterocycles. The molecule has 0 unspecified atom stereocenters. The minimum atomic E-state index is -0.982. The third-order valence-electron chi connectivity index (χ3n) is 5.96. The zero-order chi connectivity index (χ0) is 22.8. The van der Waals surface area contributed by atoms with Crippen LogP contribution in [-0.2, 0) is 11.2 Å². The van der Waals surface area contributed by atoms with Gasteiger partial charge in [-0.05, 0) is 65.2 Å². The fraction of sp³-hybridized carbons (Fsp3) is 0.240. The third-order valence-corrected chi connectivity index (χ3v) is 5.96. The summed E-state index contributed by atoms with van der Waals surface area (Å²) in [6.07, 6.45) is -0.202. The molecule has 4 rings (SSSR count). The smallest absolute Gasteiger partial charge is 0.307 e. The number of nitriles is 1. The van der Waals surface area contributed by atoms with Gasteiger partial charge in [-0.25, -0.2) is 4.39 Å². The Balaban J connectivity index is 1.62. The maximum atomic E-state index is 14.0. The van der Waals surface area contributed by atoms with Crippen LogP contribution >= 0.6 is 0 Å². The molecule has 0 saturated carbocycles. The molecule has 0 atom stereocenters. The van der Waals surface area contributed by atoms with Crippen molar-refractivity contribution < 1.29 is 19.1 Å². The summed E-state index contributed by atoms with van der Waals surface area (Å²) >= 11 is 0. The lowest BCUT2D eigenvalue weighted by Gasteiger charge is -2.36. The largest absolute Gasteiger partial charge is 0.481 e. The van der Waals surface area contributed by atoms with Crippen LogP contribution in [0.1, 0.15) is 27.0 Å². The van der Waals surface area contributed by atoms with Gasteiger partial charge in [0.25, 0.3) is 5.91 Å². The molecule has 1 aliphatic rings. The van der Waals surface area contributed by atoms with Crippen LogP contribution in [0.4, 0.5) is 10.1 Å². The van der Waals surface area contributed by atoms with Crippen molar-refractivity contribution in [1.29, 1.82) is 5.26 Å². The van der Waals surface area contributed by atoms with Gasteiger partial charge in [-0.3, -0.25) is 9.59 Å². The van der Waals surface area contributed by atoms with Gasteiger partial charge in [-0.1, -0.05) is 12.1 Å². The Bertz CT molecular complexity index is 1240. The van der Waals surface area contributed by atoms with Gasteiger partial charge in [0.05, 0.1) is 23.6 Å². The van der Waals surface area contributed by atoms with Gasteiger partial charge < -0.3 is 14.9 Å². The van der Waals surface area contributed by atoms with Crippen molar-refractivity contribution in [2.45, 2.75) is 13.3 Å². The number of carbonyl (C=O) groups excluding carboxylic acids is 1. The summed E-state index contributed by atoms with van der Waals surface area (Å²) in [5.74, 6) is -1.64. The Hall–Kier alpha value is -3.92. The third kappa shape index (κ3) is 4.12. The van der Waals surface area contributed by atoms with Crippen LogP contribution in [0, 0.1) is 24.1 Å². The molecule has 0 aliphatic carbocycles. The number of fused-ring (bicyclic) bond motifs is 1. The number of carbonyl (C=O) groups is 2. The van der Waals surface area contributed by atoms with E-state index in [1.165, 1.54) is 12.1 Å². The molecule has 0 spiro atoms. The second kappa shape index (κ2) is 8.67. The normalized spacial score (nSPS) is 13.8. The predicted molar refractivity (Wildman–Crippen MR) is 119 cm³/mol. The van der Waals surface area contributed by atoms with Gasteiger partial charge in [-0.2, -0.15) is 5.26 Å². The van der Waals surface area contributed by atoms with Gasteiger partial charge in [-0.15, -0.1) is 0 Å². The molecular weight excluding hydrogens is 409 g/mol. The number of rotatable bonds is 4. The average Bonchev–Trinajstić information content (AvgIpc) is 2.79. The second-order valence-electron chi connectivity index (χ2n) is 7.91. The Morgan fingerprint density at radius 3 is 2.38 bits per heavy atom. The van der Waals surface area contributed by atoms with Gasteiger partial charge in [0, 0.05) is 31.9 Å². The van der Waals surface area contributed by atoms with Crippen LogP contribution < -0.4 is 4.90 Å². The van der Waals surface area contributed by atoms with Crippen molar-refractivity contribution in [1.82, 2.24) is 4.90 Å². The Morgan fingerprint density at radius 2 is 1.75 bits per heavy atom. The maximum Gasteiger partial charge on any atom is 0.307 e. The maximum absolute atomic E-state index is 14.0. The number of hydrogen-bond acceptors (Lipinski definition) is 4. The number of carboxylic acids is 1. The van der Waals surface area contributed by atoms with Crippen LogP contribution in [0.3, 0.4) is 0 Å². The van der Waals surface area contributed by atoms with Gasteiger partial charge in [0.1, 0.15) is 5.82 Å². The highest BCUT2D eigenvalue weighted by molar-refractivity contribution is 6.09. The first-order valence-corrected chi connectivity index (χ1v) is 10.4. The van der Waals surface area contributed by atoms with Crippen molar-refractivity contribution in [3.05, 3.63) is 76.6 Å². The highest BCUT2D eigenvalue weighted by atomic mass is 19.1. The van der Waals surface area contributed by atoms with E-state index in [9.17, 15) is 19.1 Å². The highest BCUT2D eigenvalue weighted by Gasteiger charge is 2.26. The quantitative estimate of drug-likeness (QED) is 0.680. The number of halogens is 1. The van der Waals surface area contributed by atoms with Crippen molar-refractivity contribution in [3.8, 4) is 6.07 Å². The number of nitrogens with zero attached hydrogens (tertiary/aromatic N) is 3. The minimum absolute atomic E-state index is 0.202. The first-order chi connectivity index (χ1) is 15.4. The number of benzene rings is 3. The van der Waals surface area contributed by atoms with Gasteiger partial charge in [0.2, 0.25) is 0 Å². The molecule has 0 bridgehead atoms. The zero-order valence-corrected chi connectivity index (χ0v) is 17.6. The fourth-order valence-electron chi connectivity index (χ4n) is 4.22. The Morgan fingerprint density at radius 1 is 1.06 bits per heavy atom. The molecule has 0 radical (unpaired) electrons. The van der Waals surface area contributed by atoms with Gasteiger partial charge in [0.15, 0.2) is 0 Å². The molecular formula is C25H22FN3O3. The molecule has 1 fully saturated rings. The molecule has 1 N–H and O–H groups in total. The Labute approximate surface area is 185 Å². The predicted octanol–water partition coefficient (Wildman–Crippen LogP) is 3.75. The van der Waals surface area contributed by atoms with E-state index in [0.717, 1.165) is 5.69 Å².